The highest BCUT2D eigenvalue weighted by molar-refractivity contribution is 5.31. The van der Waals surface area contributed by atoms with Crippen LogP contribution in [0.15, 0.2) is 42.7 Å². The molecule has 2 aromatic rings. The molecule has 6 nitrogen and oxygen atoms in total. The number of hydrogen-bond donors (Lipinski definition) is 0. The van der Waals surface area contributed by atoms with Gasteiger partial charge in [0.25, 0.3) is 0 Å². The molecule has 2 heterocycles. The van der Waals surface area contributed by atoms with Crippen molar-refractivity contribution < 1.29 is 14.2 Å². The maximum absolute atomic E-state index is 5.83. The molecule has 130 valence electrons. The predicted octanol–water partition coefficient (Wildman–Crippen LogP) is 2.06. The molecule has 0 unspecified atom stereocenters. The molecule has 0 spiro atoms. The number of methoxy groups -OCH3 is 1. The molecule has 0 radical (unpaired) electrons. The maximum Gasteiger partial charge on any atom is 0.119 e. The van der Waals surface area contributed by atoms with E-state index in [1.807, 2.05) is 41.2 Å². The van der Waals surface area contributed by atoms with Crippen molar-refractivity contribution in [3.63, 3.8) is 0 Å². The Hall–Kier alpha value is -2.05. The topological polar surface area (TPSA) is 48.8 Å². The molecule has 0 bridgehead atoms. The minimum Gasteiger partial charge on any atom is -0.497 e. The lowest BCUT2D eigenvalue weighted by atomic mass is 10.2. The van der Waals surface area contributed by atoms with Crippen molar-refractivity contribution in [1.82, 2.24) is 14.7 Å². The van der Waals surface area contributed by atoms with E-state index in [-0.39, 0.29) is 6.10 Å². The summed E-state index contributed by atoms with van der Waals surface area (Å²) in [7, 11) is 1.66. The summed E-state index contributed by atoms with van der Waals surface area (Å²) >= 11 is 0. The van der Waals surface area contributed by atoms with Gasteiger partial charge < -0.3 is 14.2 Å². The van der Waals surface area contributed by atoms with Crippen LogP contribution < -0.4 is 9.47 Å². The van der Waals surface area contributed by atoms with E-state index < -0.39 is 0 Å². The first-order chi connectivity index (χ1) is 11.8. The number of rotatable bonds is 8. The third-order valence-corrected chi connectivity index (χ3v) is 4.12. The number of benzene rings is 1. The molecule has 0 N–H and O–H groups in total. The highest BCUT2D eigenvalue weighted by atomic mass is 16.5. The molecule has 1 fully saturated rings. The van der Waals surface area contributed by atoms with Crippen molar-refractivity contribution in [2.24, 2.45) is 0 Å². The normalized spacial score (nSPS) is 18.5. The number of morpholine rings is 1. The number of aromatic nitrogens is 2. The fraction of sp³-hybridized carbons (Fsp3) is 0.500. The van der Waals surface area contributed by atoms with E-state index in [0.29, 0.717) is 6.61 Å². The molecule has 24 heavy (non-hydrogen) atoms. The molecule has 3 rings (SSSR count). The van der Waals surface area contributed by atoms with Gasteiger partial charge in [-0.2, -0.15) is 5.10 Å². The highest BCUT2D eigenvalue weighted by Crippen LogP contribution is 2.17. The Morgan fingerprint density at radius 3 is 2.83 bits per heavy atom. The molecule has 0 saturated carbocycles. The number of hydrogen-bond acceptors (Lipinski definition) is 5. The summed E-state index contributed by atoms with van der Waals surface area (Å²) in [5.74, 6) is 1.73. The SMILES string of the molecule is COc1ccc(OCCCN2CCO[C@@H](Cn3cccn3)C2)cc1. The summed E-state index contributed by atoms with van der Waals surface area (Å²) in [5.41, 5.74) is 0. The lowest BCUT2D eigenvalue weighted by Crippen LogP contribution is -2.44. The minimum atomic E-state index is 0.209. The van der Waals surface area contributed by atoms with Crippen molar-refractivity contribution in [2.75, 3.05) is 40.0 Å². The van der Waals surface area contributed by atoms with Gasteiger partial charge in [-0.3, -0.25) is 9.58 Å². The quantitative estimate of drug-likeness (QED) is 0.693. The second kappa shape index (κ2) is 8.70. The highest BCUT2D eigenvalue weighted by Gasteiger charge is 2.20. The van der Waals surface area contributed by atoms with E-state index in [1.165, 1.54) is 0 Å². The fourth-order valence-corrected chi connectivity index (χ4v) is 2.86. The van der Waals surface area contributed by atoms with Crippen LogP contribution in [0.3, 0.4) is 0 Å². The second-order valence-electron chi connectivity index (χ2n) is 5.90. The van der Waals surface area contributed by atoms with E-state index in [9.17, 15) is 0 Å². The van der Waals surface area contributed by atoms with Crippen molar-refractivity contribution in [1.29, 1.82) is 0 Å². The van der Waals surface area contributed by atoms with E-state index in [0.717, 1.165) is 50.7 Å². The van der Waals surface area contributed by atoms with Gasteiger partial charge in [-0.1, -0.05) is 0 Å². The van der Waals surface area contributed by atoms with Crippen LogP contribution in [0.1, 0.15) is 6.42 Å². The van der Waals surface area contributed by atoms with Gasteiger partial charge in [-0.25, -0.2) is 0 Å². The molecular formula is C18H25N3O3. The molecule has 6 heteroatoms. The average Bonchev–Trinajstić information content (AvgIpc) is 3.13. The molecule has 1 aliphatic rings. The Labute approximate surface area is 142 Å². The van der Waals surface area contributed by atoms with Crippen molar-refractivity contribution in [3.8, 4) is 11.5 Å². The molecule has 1 aliphatic heterocycles. The van der Waals surface area contributed by atoms with E-state index in [2.05, 4.69) is 10.00 Å². The van der Waals surface area contributed by atoms with Gasteiger partial charge in [0.05, 0.1) is 33.0 Å². The molecule has 1 aromatic carbocycles. The standard InChI is InChI=1S/C18H25N3O3/c1-22-16-4-6-17(7-5-16)23-12-3-9-20-11-13-24-18(14-20)15-21-10-2-8-19-21/h2,4-8,10,18H,3,9,11-15H2,1H3/t18-/m1/s1. The molecule has 0 aliphatic carbocycles. The van der Waals surface area contributed by atoms with Crippen LogP contribution in [0.2, 0.25) is 0 Å². The van der Waals surface area contributed by atoms with E-state index >= 15 is 0 Å². The molecule has 0 amide bonds. The van der Waals surface area contributed by atoms with Crippen LogP contribution in [-0.2, 0) is 11.3 Å². The molecular weight excluding hydrogens is 306 g/mol. The fourth-order valence-electron chi connectivity index (χ4n) is 2.86. The summed E-state index contributed by atoms with van der Waals surface area (Å²) in [4.78, 5) is 2.44. The van der Waals surface area contributed by atoms with Crippen molar-refractivity contribution in [3.05, 3.63) is 42.7 Å². The zero-order valence-electron chi connectivity index (χ0n) is 14.1. The summed E-state index contributed by atoms with van der Waals surface area (Å²) in [6.07, 6.45) is 4.99. The van der Waals surface area contributed by atoms with Gasteiger partial charge in [0.2, 0.25) is 0 Å². The first-order valence-electron chi connectivity index (χ1n) is 8.42. The molecule has 1 saturated heterocycles. The Morgan fingerprint density at radius 1 is 1.25 bits per heavy atom. The summed E-state index contributed by atoms with van der Waals surface area (Å²) < 4.78 is 18.7. The summed E-state index contributed by atoms with van der Waals surface area (Å²) in [6, 6.07) is 9.65. The third-order valence-electron chi connectivity index (χ3n) is 4.12. The Balaban J connectivity index is 1.35. The van der Waals surface area contributed by atoms with Crippen LogP contribution in [0.25, 0.3) is 0 Å². The molecule has 1 atom stereocenters. The zero-order chi connectivity index (χ0) is 16.6. The lowest BCUT2D eigenvalue weighted by Gasteiger charge is -2.32. The largest absolute Gasteiger partial charge is 0.497 e. The van der Waals surface area contributed by atoms with Gasteiger partial charge in [0, 0.05) is 32.0 Å². The number of nitrogens with zero attached hydrogens (tertiary/aromatic N) is 3. The van der Waals surface area contributed by atoms with E-state index in [4.69, 9.17) is 14.2 Å². The van der Waals surface area contributed by atoms with Gasteiger partial charge in [0.15, 0.2) is 0 Å². The zero-order valence-corrected chi connectivity index (χ0v) is 14.1. The van der Waals surface area contributed by atoms with Crippen molar-refractivity contribution >= 4 is 0 Å². The Bertz CT molecular complexity index is 586. The van der Waals surface area contributed by atoms with Crippen LogP contribution in [0.4, 0.5) is 0 Å². The second-order valence-corrected chi connectivity index (χ2v) is 5.90. The van der Waals surface area contributed by atoms with Gasteiger partial charge in [0.1, 0.15) is 11.5 Å². The van der Waals surface area contributed by atoms with Gasteiger partial charge in [-0.15, -0.1) is 0 Å². The first-order valence-corrected chi connectivity index (χ1v) is 8.42. The van der Waals surface area contributed by atoms with Crippen LogP contribution in [0.5, 0.6) is 11.5 Å². The van der Waals surface area contributed by atoms with Crippen LogP contribution in [-0.4, -0.2) is 60.7 Å². The van der Waals surface area contributed by atoms with Gasteiger partial charge >= 0.3 is 0 Å². The minimum absolute atomic E-state index is 0.209. The van der Waals surface area contributed by atoms with E-state index in [1.54, 1.807) is 13.3 Å². The maximum atomic E-state index is 5.83. The summed E-state index contributed by atoms with van der Waals surface area (Å²) in [6.45, 7) is 5.26. The van der Waals surface area contributed by atoms with Gasteiger partial charge in [-0.05, 0) is 36.8 Å². The van der Waals surface area contributed by atoms with Crippen LogP contribution >= 0.6 is 0 Å². The smallest absolute Gasteiger partial charge is 0.119 e. The van der Waals surface area contributed by atoms with Crippen molar-refractivity contribution in [2.45, 2.75) is 19.1 Å². The Morgan fingerprint density at radius 2 is 2.08 bits per heavy atom. The predicted molar refractivity (Wildman–Crippen MR) is 91.5 cm³/mol. The van der Waals surface area contributed by atoms with Crippen LogP contribution in [0, 0.1) is 0 Å². The Kier molecular flexibility index (Phi) is 6.09. The first kappa shape index (κ1) is 16.8. The third kappa shape index (κ3) is 4.97. The summed E-state index contributed by atoms with van der Waals surface area (Å²) in [5, 5.41) is 4.25. The average molecular weight is 331 g/mol. The molecule has 1 aromatic heterocycles. The lowest BCUT2D eigenvalue weighted by molar-refractivity contribution is -0.0383. The monoisotopic (exact) mass is 331 g/mol. The number of ether oxygens (including phenoxy) is 3.